The number of hydrogen-bond acceptors (Lipinski definition) is 6. The monoisotopic (exact) mass is 448 g/mol. The lowest BCUT2D eigenvalue weighted by Gasteiger charge is -2.34. The van der Waals surface area contributed by atoms with Crippen LogP contribution in [-0.4, -0.2) is 40.4 Å². The highest BCUT2D eigenvalue weighted by molar-refractivity contribution is 5.54. The smallest absolute Gasteiger partial charge is 0.107 e. The molecule has 0 spiro atoms. The Labute approximate surface area is 196 Å². The van der Waals surface area contributed by atoms with Gasteiger partial charge in [0, 0.05) is 38.0 Å². The molecule has 6 N–H and O–H groups in total. The maximum absolute atomic E-state index is 10.5. The number of aliphatic hydroxyl groups excluding tert-OH is 1. The molecule has 33 heavy (non-hydrogen) atoms. The molecule has 6 nitrogen and oxygen atoms in total. The third-order valence-electron chi connectivity index (χ3n) is 6.62. The molecule has 2 aromatic rings. The summed E-state index contributed by atoms with van der Waals surface area (Å²) >= 11 is 0. The zero-order valence-electron chi connectivity index (χ0n) is 19.5. The topological polar surface area (TPSA) is 99.0 Å². The minimum Gasteiger partial charge on any atom is -0.401 e. The number of aliphatic hydroxyl groups is 2. The molecular weight excluding hydrogens is 412 g/mol. The van der Waals surface area contributed by atoms with Crippen LogP contribution in [0.1, 0.15) is 48.8 Å². The second kappa shape index (κ2) is 10.1. The summed E-state index contributed by atoms with van der Waals surface area (Å²) in [5.74, 6) is 6.95. The summed E-state index contributed by atoms with van der Waals surface area (Å²) in [6.45, 7) is 3.85. The van der Waals surface area contributed by atoms with Crippen LogP contribution in [0.5, 0.6) is 0 Å². The molecule has 1 aliphatic carbocycles. The van der Waals surface area contributed by atoms with Crippen LogP contribution in [0.2, 0.25) is 0 Å². The number of hydrogen-bond donors (Lipinski definition) is 4. The number of rotatable bonds is 9. The van der Waals surface area contributed by atoms with Crippen molar-refractivity contribution in [1.82, 2.24) is 4.90 Å². The average Bonchev–Trinajstić information content (AvgIpc) is 3.65. The number of hydrazine groups is 1. The molecule has 6 heteroatoms. The molecule has 0 amide bonds. The number of benzene rings is 2. The normalized spacial score (nSPS) is 19.2. The fraction of sp³-hybridized carbons (Fsp3) is 0.407. The van der Waals surface area contributed by atoms with Crippen LogP contribution < -0.4 is 16.6 Å². The van der Waals surface area contributed by atoms with Gasteiger partial charge in [0.25, 0.3) is 0 Å². The molecule has 0 radical (unpaired) electrons. The second-order valence-corrected chi connectivity index (χ2v) is 9.59. The Balaban J connectivity index is 1.47. The van der Waals surface area contributed by atoms with Gasteiger partial charge in [0.05, 0.1) is 12.3 Å². The molecular formula is C27H36N4O2. The Morgan fingerprint density at radius 3 is 2.67 bits per heavy atom. The number of nitrogens with zero attached hydrogens (tertiary/aromatic N) is 2. The van der Waals surface area contributed by atoms with Gasteiger partial charge < -0.3 is 15.9 Å². The second-order valence-electron chi connectivity index (χ2n) is 9.59. The Morgan fingerprint density at radius 2 is 1.97 bits per heavy atom. The summed E-state index contributed by atoms with van der Waals surface area (Å²) in [6.07, 6.45) is 7.82. The molecule has 2 aliphatic rings. The third-order valence-corrected chi connectivity index (χ3v) is 6.62. The summed E-state index contributed by atoms with van der Waals surface area (Å²) < 4.78 is 0. The lowest BCUT2D eigenvalue weighted by Crippen LogP contribution is -2.40. The van der Waals surface area contributed by atoms with Crippen LogP contribution in [0.4, 0.5) is 5.69 Å². The van der Waals surface area contributed by atoms with E-state index in [1.165, 1.54) is 24.0 Å². The molecule has 0 unspecified atom stereocenters. The van der Waals surface area contributed by atoms with E-state index in [1.54, 1.807) is 18.1 Å². The summed E-state index contributed by atoms with van der Waals surface area (Å²) in [4.78, 5) is 2.35. The van der Waals surface area contributed by atoms with E-state index in [4.69, 9.17) is 11.6 Å². The predicted octanol–water partition coefficient (Wildman–Crippen LogP) is 3.16. The molecule has 1 heterocycles. The Hall–Kier alpha value is -2.64. The van der Waals surface area contributed by atoms with E-state index in [-0.39, 0.29) is 6.61 Å². The number of anilines is 1. The maximum atomic E-state index is 10.5. The van der Waals surface area contributed by atoms with Crippen molar-refractivity contribution in [2.45, 2.75) is 50.7 Å². The van der Waals surface area contributed by atoms with Crippen LogP contribution >= 0.6 is 0 Å². The van der Waals surface area contributed by atoms with Gasteiger partial charge in [-0.25, -0.2) is 5.84 Å². The van der Waals surface area contributed by atoms with Gasteiger partial charge in [-0.15, -0.1) is 0 Å². The number of allylic oxidation sites excluding steroid dienone is 1. The van der Waals surface area contributed by atoms with Crippen molar-refractivity contribution in [3.63, 3.8) is 0 Å². The van der Waals surface area contributed by atoms with Gasteiger partial charge in [-0.2, -0.15) is 0 Å². The van der Waals surface area contributed by atoms with Crippen molar-refractivity contribution in [2.24, 2.45) is 11.6 Å². The summed E-state index contributed by atoms with van der Waals surface area (Å²) in [5, 5.41) is 21.6. The van der Waals surface area contributed by atoms with E-state index >= 15 is 0 Å². The molecule has 176 valence electrons. The molecule has 0 aromatic heterocycles. The highest BCUT2D eigenvalue weighted by atomic mass is 16.3. The first-order chi connectivity index (χ1) is 15.9. The standard InChI is InChI=1S/C27H36N4O2/c1-27(33,19-32)23-8-5-13-30(17-23)16-22-11-12-25(15-26(22)21-9-10-21)31(29)18-24(28)14-20-6-3-2-4-7-20/h2-4,6-8,11-12,15,18,21,32-33H,5,9-10,13-14,16-17,19,28-29H2,1H3/b24-18-/t27-/m1/s1. The lowest BCUT2D eigenvalue weighted by molar-refractivity contribution is 0.0247. The van der Waals surface area contributed by atoms with Crippen LogP contribution in [0.25, 0.3) is 0 Å². The van der Waals surface area contributed by atoms with E-state index in [1.807, 2.05) is 18.2 Å². The van der Waals surface area contributed by atoms with E-state index in [0.717, 1.165) is 36.3 Å². The Bertz CT molecular complexity index is 1010. The fourth-order valence-corrected chi connectivity index (χ4v) is 4.47. The van der Waals surface area contributed by atoms with Gasteiger partial charge in [0.2, 0.25) is 0 Å². The molecule has 1 saturated carbocycles. The van der Waals surface area contributed by atoms with E-state index in [0.29, 0.717) is 24.6 Å². The minimum absolute atomic E-state index is 0.262. The SMILES string of the molecule is C[C@@](O)(CO)C1=CCCN(Cc2ccc(N(N)/C=C(\N)Cc3ccccc3)cc2C2CC2)C1. The summed E-state index contributed by atoms with van der Waals surface area (Å²) in [7, 11) is 0. The van der Waals surface area contributed by atoms with Gasteiger partial charge in [0.15, 0.2) is 0 Å². The first-order valence-electron chi connectivity index (χ1n) is 11.8. The zero-order valence-corrected chi connectivity index (χ0v) is 19.5. The zero-order chi connectivity index (χ0) is 23.4. The predicted molar refractivity (Wildman–Crippen MR) is 133 cm³/mol. The molecule has 1 aliphatic heterocycles. The van der Waals surface area contributed by atoms with Crippen molar-refractivity contribution in [1.29, 1.82) is 0 Å². The average molecular weight is 449 g/mol. The molecule has 1 atom stereocenters. The van der Waals surface area contributed by atoms with Gasteiger partial charge in [-0.1, -0.05) is 42.5 Å². The first kappa shape index (κ1) is 23.5. The van der Waals surface area contributed by atoms with Crippen molar-refractivity contribution >= 4 is 5.69 Å². The molecule has 2 aromatic carbocycles. The third kappa shape index (κ3) is 6.03. The number of nitrogens with two attached hydrogens (primary N) is 2. The molecule has 4 rings (SSSR count). The summed E-state index contributed by atoms with van der Waals surface area (Å²) in [6, 6.07) is 16.6. The van der Waals surface area contributed by atoms with E-state index in [2.05, 4.69) is 41.3 Å². The fourth-order valence-electron chi connectivity index (χ4n) is 4.47. The quantitative estimate of drug-likeness (QED) is 0.267. The van der Waals surface area contributed by atoms with Gasteiger partial charge in [-0.05, 0) is 66.5 Å². The minimum atomic E-state index is -1.16. The highest BCUT2D eigenvalue weighted by Crippen LogP contribution is 2.43. The van der Waals surface area contributed by atoms with Gasteiger partial charge in [-0.3, -0.25) is 9.91 Å². The highest BCUT2D eigenvalue weighted by Gasteiger charge is 2.30. The lowest BCUT2D eigenvalue weighted by atomic mass is 9.92. The molecule has 0 saturated heterocycles. The molecule has 0 bridgehead atoms. The first-order valence-corrected chi connectivity index (χ1v) is 11.8. The molecule has 1 fully saturated rings. The van der Waals surface area contributed by atoms with Gasteiger partial charge in [0.1, 0.15) is 5.60 Å². The largest absolute Gasteiger partial charge is 0.401 e. The van der Waals surface area contributed by atoms with Crippen LogP contribution in [-0.2, 0) is 13.0 Å². The van der Waals surface area contributed by atoms with E-state index < -0.39 is 5.60 Å². The van der Waals surface area contributed by atoms with Crippen molar-refractivity contribution in [2.75, 3.05) is 24.7 Å². The Morgan fingerprint density at radius 1 is 1.21 bits per heavy atom. The van der Waals surface area contributed by atoms with Crippen LogP contribution in [0.3, 0.4) is 0 Å². The summed E-state index contributed by atoms with van der Waals surface area (Å²) in [5.41, 5.74) is 11.4. The van der Waals surface area contributed by atoms with Crippen molar-refractivity contribution < 1.29 is 10.2 Å². The Kier molecular flexibility index (Phi) is 7.20. The van der Waals surface area contributed by atoms with Crippen LogP contribution in [0.15, 0.2) is 72.1 Å². The maximum Gasteiger partial charge on any atom is 0.107 e. The van der Waals surface area contributed by atoms with Crippen molar-refractivity contribution in [3.05, 3.63) is 88.8 Å². The van der Waals surface area contributed by atoms with Crippen molar-refractivity contribution in [3.8, 4) is 0 Å². The van der Waals surface area contributed by atoms with Gasteiger partial charge >= 0.3 is 0 Å². The van der Waals surface area contributed by atoms with Crippen LogP contribution in [0, 0.1) is 0 Å². The van der Waals surface area contributed by atoms with E-state index in [9.17, 15) is 10.2 Å².